The zero-order chi connectivity index (χ0) is 12.4. The summed E-state index contributed by atoms with van der Waals surface area (Å²) >= 11 is 0. The van der Waals surface area contributed by atoms with E-state index in [2.05, 4.69) is 49.2 Å². The van der Waals surface area contributed by atoms with E-state index in [1.54, 1.807) is 0 Å². The summed E-state index contributed by atoms with van der Waals surface area (Å²) in [4.78, 5) is 2.52. The van der Waals surface area contributed by atoms with Crippen molar-refractivity contribution in [3.05, 3.63) is 29.3 Å². The first-order valence-corrected chi connectivity index (χ1v) is 6.71. The number of rotatable bonds is 4. The van der Waals surface area contributed by atoms with Gasteiger partial charge in [-0.2, -0.15) is 0 Å². The van der Waals surface area contributed by atoms with Gasteiger partial charge in [0.2, 0.25) is 0 Å². The highest BCUT2D eigenvalue weighted by Crippen LogP contribution is 2.32. The molecular weight excluding hydrogens is 208 g/mol. The van der Waals surface area contributed by atoms with Crippen molar-refractivity contribution in [2.75, 3.05) is 18.5 Å². The van der Waals surface area contributed by atoms with Crippen molar-refractivity contribution in [2.45, 2.75) is 45.7 Å². The van der Waals surface area contributed by atoms with Crippen molar-refractivity contribution in [3.63, 3.8) is 0 Å². The van der Waals surface area contributed by atoms with Crippen LogP contribution in [0.1, 0.15) is 31.9 Å². The topological polar surface area (TPSA) is 15.3 Å². The van der Waals surface area contributed by atoms with Crippen LogP contribution < -0.4 is 10.2 Å². The maximum Gasteiger partial charge on any atom is 0.0404 e. The summed E-state index contributed by atoms with van der Waals surface area (Å²) in [7, 11) is 2.03. The lowest BCUT2D eigenvalue weighted by Gasteiger charge is -2.23. The summed E-state index contributed by atoms with van der Waals surface area (Å²) in [5.74, 6) is 0. The van der Waals surface area contributed by atoms with E-state index in [9.17, 15) is 0 Å². The molecule has 0 bridgehead atoms. The highest BCUT2D eigenvalue weighted by molar-refractivity contribution is 5.60. The lowest BCUT2D eigenvalue weighted by atomic mass is 10.0. The second kappa shape index (κ2) is 5.09. The van der Waals surface area contributed by atoms with Gasteiger partial charge in [-0.05, 0) is 57.9 Å². The van der Waals surface area contributed by atoms with Crippen LogP contribution in [0.2, 0.25) is 0 Å². The molecule has 2 nitrogen and oxygen atoms in total. The fourth-order valence-corrected chi connectivity index (χ4v) is 2.78. The molecule has 1 aliphatic rings. The summed E-state index contributed by atoms with van der Waals surface area (Å²) in [6.07, 6.45) is 2.31. The molecule has 1 heterocycles. The molecule has 0 radical (unpaired) electrons. The molecule has 0 amide bonds. The first kappa shape index (κ1) is 12.4. The molecule has 1 N–H and O–H groups in total. The van der Waals surface area contributed by atoms with Crippen LogP contribution in [-0.2, 0) is 12.8 Å². The van der Waals surface area contributed by atoms with Gasteiger partial charge in [-0.15, -0.1) is 0 Å². The Morgan fingerprint density at radius 1 is 1.47 bits per heavy atom. The molecule has 2 atom stereocenters. The highest BCUT2D eigenvalue weighted by Gasteiger charge is 2.24. The predicted octanol–water partition coefficient (Wildman–Crippen LogP) is 2.61. The largest absolute Gasteiger partial charge is 0.369 e. The summed E-state index contributed by atoms with van der Waals surface area (Å²) in [6.45, 7) is 7.90. The van der Waals surface area contributed by atoms with Gasteiger partial charge in [-0.1, -0.05) is 12.1 Å². The molecule has 1 aliphatic heterocycles. The van der Waals surface area contributed by atoms with Gasteiger partial charge < -0.3 is 10.2 Å². The average Bonchev–Trinajstić information content (AvgIpc) is 2.63. The third-order valence-electron chi connectivity index (χ3n) is 3.88. The fourth-order valence-electron chi connectivity index (χ4n) is 2.78. The molecule has 17 heavy (non-hydrogen) atoms. The summed E-state index contributed by atoms with van der Waals surface area (Å²) < 4.78 is 0. The van der Waals surface area contributed by atoms with Gasteiger partial charge in [0.25, 0.3) is 0 Å². The summed E-state index contributed by atoms with van der Waals surface area (Å²) in [5, 5.41) is 3.30. The van der Waals surface area contributed by atoms with Crippen molar-refractivity contribution in [1.29, 1.82) is 0 Å². The Kier molecular flexibility index (Phi) is 3.72. The monoisotopic (exact) mass is 232 g/mol. The number of nitrogens with one attached hydrogen (secondary N) is 1. The lowest BCUT2D eigenvalue weighted by Crippen LogP contribution is -2.28. The van der Waals surface area contributed by atoms with Crippen molar-refractivity contribution in [3.8, 4) is 0 Å². The Hall–Kier alpha value is -1.02. The predicted molar refractivity (Wildman–Crippen MR) is 74.9 cm³/mol. The number of nitrogens with zero attached hydrogens (tertiary/aromatic N) is 1. The zero-order valence-electron chi connectivity index (χ0n) is 11.5. The normalized spacial score (nSPS) is 20.5. The van der Waals surface area contributed by atoms with Crippen LogP contribution >= 0.6 is 0 Å². The van der Waals surface area contributed by atoms with Crippen molar-refractivity contribution >= 4 is 5.69 Å². The number of fused-ring (bicyclic) bond motifs is 1. The van der Waals surface area contributed by atoms with Crippen LogP contribution in [-0.4, -0.2) is 25.7 Å². The lowest BCUT2D eigenvalue weighted by molar-refractivity contribution is 0.608. The van der Waals surface area contributed by atoms with Gasteiger partial charge in [0, 0.05) is 24.3 Å². The number of anilines is 1. The standard InChI is InChI=1S/C15H24N2/c1-5-17-12(3)9-14-7-6-13(10-15(14)17)8-11(2)16-4/h6-7,10-12,16H,5,8-9H2,1-4H3. The van der Waals surface area contributed by atoms with Crippen LogP contribution in [0.5, 0.6) is 0 Å². The first-order valence-electron chi connectivity index (χ1n) is 6.71. The maximum atomic E-state index is 3.30. The molecule has 2 heteroatoms. The van der Waals surface area contributed by atoms with E-state index < -0.39 is 0 Å². The molecule has 0 aliphatic carbocycles. The van der Waals surface area contributed by atoms with E-state index in [0.717, 1.165) is 13.0 Å². The number of hydrogen-bond donors (Lipinski definition) is 1. The SMILES string of the molecule is CCN1c2cc(CC(C)NC)ccc2CC1C. The van der Waals surface area contributed by atoms with Crippen molar-refractivity contribution < 1.29 is 0 Å². The molecular formula is C15H24N2. The number of likely N-dealkylation sites (N-methyl/N-ethyl adjacent to an activating group) is 2. The molecule has 1 aromatic rings. The molecule has 1 aromatic carbocycles. The second-order valence-corrected chi connectivity index (χ2v) is 5.20. The number of benzene rings is 1. The summed E-state index contributed by atoms with van der Waals surface area (Å²) in [6, 6.07) is 8.20. The zero-order valence-corrected chi connectivity index (χ0v) is 11.5. The van der Waals surface area contributed by atoms with E-state index in [0.29, 0.717) is 12.1 Å². The fraction of sp³-hybridized carbons (Fsp3) is 0.600. The van der Waals surface area contributed by atoms with Crippen molar-refractivity contribution in [2.24, 2.45) is 0 Å². The highest BCUT2D eigenvalue weighted by atomic mass is 15.2. The van der Waals surface area contributed by atoms with Crippen LogP contribution in [0, 0.1) is 0 Å². The molecule has 94 valence electrons. The van der Waals surface area contributed by atoms with E-state index in [1.807, 2.05) is 7.05 Å². The van der Waals surface area contributed by atoms with E-state index >= 15 is 0 Å². The second-order valence-electron chi connectivity index (χ2n) is 5.20. The van der Waals surface area contributed by atoms with Gasteiger partial charge in [0.15, 0.2) is 0 Å². The third-order valence-corrected chi connectivity index (χ3v) is 3.88. The van der Waals surface area contributed by atoms with Gasteiger partial charge in [0.05, 0.1) is 0 Å². The van der Waals surface area contributed by atoms with Crippen molar-refractivity contribution in [1.82, 2.24) is 5.32 Å². The van der Waals surface area contributed by atoms with Gasteiger partial charge in [-0.3, -0.25) is 0 Å². The average molecular weight is 232 g/mol. The van der Waals surface area contributed by atoms with Crippen LogP contribution in [0.15, 0.2) is 18.2 Å². The van der Waals surface area contributed by atoms with Gasteiger partial charge in [-0.25, -0.2) is 0 Å². The Morgan fingerprint density at radius 3 is 2.88 bits per heavy atom. The molecule has 0 saturated carbocycles. The smallest absolute Gasteiger partial charge is 0.0404 e. The molecule has 2 unspecified atom stereocenters. The Morgan fingerprint density at radius 2 is 2.24 bits per heavy atom. The first-order chi connectivity index (χ1) is 8.15. The molecule has 0 spiro atoms. The van der Waals surface area contributed by atoms with E-state index in [4.69, 9.17) is 0 Å². The Balaban J connectivity index is 2.22. The Bertz CT molecular complexity index is 387. The van der Waals surface area contributed by atoms with Gasteiger partial charge >= 0.3 is 0 Å². The van der Waals surface area contributed by atoms with E-state index in [-0.39, 0.29) is 0 Å². The molecule has 2 rings (SSSR count). The minimum absolute atomic E-state index is 0.543. The molecule has 0 aromatic heterocycles. The van der Waals surface area contributed by atoms with Crippen LogP contribution in [0.25, 0.3) is 0 Å². The third kappa shape index (κ3) is 2.47. The quantitative estimate of drug-likeness (QED) is 0.858. The minimum Gasteiger partial charge on any atom is -0.369 e. The van der Waals surface area contributed by atoms with Crippen LogP contribution in [0.4, 0.5) is 5.69 Å². The molecule has 0 saturated heterocycles. The van der Waals surface area contributed by atoms with E-state index in [1.165, 1.54) is 23.2 Å². The summed E-state index contributed by atoms with van der Waals surface area (Å²) in [5.41, 5.74) is 4.42. The number of hydrogen-bond acceptors (Lipinski definition) is 2. The molecule has 0 fully saturated rings. The Labute approximate surface area is 105 Å². The minimum atomic E-state index is 0.543. The van der Waals surface area contributed by atoms with Crippen LogP contribution in [0.3, 0.4) is 0 Å². The maximum absolute atomic E-state index is 3.30. The van der Waals surface area contributed by atoms with Gasteiger partial charge in [0.1, 0.15) is 0 Å².